The summed E-state index contributed by atoms with van der Waals surface area (Å²) in [7, 11) is -3.73. The Morgan fingerprint density at radius 2 is 1.97 bits per heavy atom. The van der Waals surface area contributed by atoms with Crippen LogP contribution in [0, 0.1) is 5.92 Å². The van der Waals surface area contributed by atoms with Gasteiger partial charge >= 0.3 is 0 Å². The van der Waals surface area contributed by atoms with Gasteiger partial charge in [0.05, 0.1) is 23.8 Å². The Kier molecular flexibility index (Phi) is 6.84. The van der Waals surface area contributed by atoms with Crippen LogP contribution in [0.25, 0.3) is 0 Å². The summed E-state index contributed by atoms with van der Waals surface area (Å²) in [6.07, 6.45) is 4.51. The van der Waals surface area contributed by atoms with E-state index in [1.807, 2.05) is 12.1 Å². The van der Waals surface area contributed by atoms with Crippen LogP contribution in [0.1, 0.15) is 42.9 Å². The summed E-state index contributed by atoms with van der Waals surface area (Å²) in [4.78, 5) is 0.183. The lowest BCUT2D eigenvalue weighted by atomic mass is 10.00. The van der Waals surface area contributed by atoms with Crippen LogP contribution >= 0.6 is 0 Å². The van der Waals surface area contributed by atoms with Gasteiger partial charge in [0.15, 0.2) is 0 Å². The summed E-state index contributed by atoms with van der Waals surface area (Å²) < 4.78 is 39.8. The van der Waals surface area contributed by atoms with E-state index < -0.39 is 10.0 Å². The van der Waals surface area contributed by atoms with E-state index in [2.05, 4.69) is 13.0 Å². The lowest BCUT2D eigenvalue weighted by Crippen LogP contribution is -2.35. The van der Waals surface area contributed by atoms with Crippen LogP contribution in [-0.2, 0) is 34.2 Å². The molecule has 2 heterocycles. The minimum absolute atomic E-state index is 0.183. The Morgan fingerprint density at radius 3 is 2.71 bits per heavy atom. The van der Waals surface area contributed by atoms with Gasteiger partial charge in [-0.15, -0.1) is 0 Å². The molecule has 31 heavy (non-hydrogen) atoms. The first-order chi connectivity index (χ1) is 15.0. The van der Waals surface area contributed by atoms with Crippen molar-refractivity contribution in [3.05, 3.63) is 53.1 Å². The van der Waals surface area contributed by atoms with E-state index in [1.165, 1.54) is 9.87 Å². The van der Waals surface area contributed by atoms with Gasteiger partial charge in [0.25, 0.3) is 10.0 Å². The minimum atomic E-state index is -3.73. The Balaban J connectivity index is 1.57. The highest BCUT2D eigenvalue weighted by molar-refractivity contribution is 7.92. The molecule has 1 N–H and O–H groups in total. The third-order valence-corrected chi connectivity index (χ3v) is 8.04. The van der Waals surface area contributed by atoms with Crippen LogP contribution in [0.15, 0.2) is 41.3 Å². The molecule has 0 unspecified atom stereocenters. The Morgan fingerprint density at radius 1 is 1.16 bits per heavy atom. The summed E-state index contributed by atoms with van der Waals surface area (Å²) in [5.41, 5.74) is 3.54. The van der Waals surface area contributed by atoms with Crippen LogP contribution in [0.3, 0.4) is 0 Å². The maximum absolute atomic E-state index is 13.5. The second-order valence-corrected chi connectivity index (χ2v) is 10.2. The van der Waals surface area contributed by atoms with Crippen LogP contribution in [0.2, 0.25) is 0 Å². The molecule has 6 nitrogen and oxygen atoms in total. The van der Waals surface area contributed by atoms with Crippen molar-refractivity contribution in [2.75, 3.05) is 30.7 Å². The predicted octanol–water partition coefficient (Wildman–Crippen LogP) is 3.69. The summed E-state index contributed by atoms with van der Waals surface area (Å²) in [6, 6.07) is 10.8. The third kappa shape index (κ3) is 4.73. The van der Waals surface area contributed by atoms with Gasteiger partial charge in [0.2, 0.25) is 0 Å². The van der Waals surface area contributed by atoms with E-state index in [9.17, 15) is 13.5 Å². The molecule has 7 heteroatoms. The van der Waals surface area contributed by atoms with Gasteiger partial charge in [-0.25, -0.2) is 8.42 Å². The van der Waals surface area contributed by atoms with E-state index >= 15 is 0 Å². The van der Waals surface area contributed by atoms with Crippen molar-refractivity contribution in [1.82, 2.24) is 0 Å². The molecule has 2 aromatic carbocycles. The number of nitrogens with zero attached hydrogens (tertiary/aromatic N) is 1. The molecule has 0 aliphatic carbocycles. The average Bonchev–Trinajstić information content (AvgIpc) is 2.82. The number of rotatable bonds is 7. The highest BCUT2D eigenvalue weighted by Gasteiger charge is 2.30. The molecular weight excluding hydrogens is 414 g/mol. The van der Waals surface area contributed by atoms with E-state index in [0.29, 0.717) is 30.4 Å². The van der Waals surface area contributed by atoms with Gasteiger partial charge in [-0.3, -0.25) is 4.31 Å². The fraction of sp³-hybridized carbons (Fsp3) is 0.500. The van der Waals surface area contributed by atoms with Gasteiger partial charge in [-0.1, -0.05) is 19.1 Å². The first kappa shape index (κ1) is 22.1. The smallest absolute Gasteiger partial charge is 0.264 e. The molecule has 1 fully saturated rings. The maximum atomic E-state index is 13.5. The van der Waals surface area contributed by atoms with Gasteiger partial charge in [0.1, 0.15) is 5.75 Å². The van der Waals surface area contributed by atoms with Crippen LogP contribution in [0.5, 0.6) is 5.75 Å². The molecule has 0 bridgehead atoms. The summed E-state index contributed by atoms with van der Waals surface area (Å²) in [5, 5.41) is 9.86. The molecule has 2 aliphatic rings. The second-order valence-electron chi connectivity index (χ2n) is 8.29. The fourth-order valence-corrected chi connectivity index (χ4v) is 5.91. The van der Waals surface area contributed by atoms with Crippen molar-refractivity contribution >= 4 is 15.7 Å². The molecule has 1 saturated heterocycles. The largest absolute Gasteiger partial charge is 0.493 e. The quantitative estimate of drug-likeness (QED) is 0.704. The maximum Gasteiger partial charge on any atom is 0.264 e. The second kappa shape index (κ2) is 9.59. The third-order valence-electron chi connectivity index (χ3n) is 6.23. The molecule has 4 rings (SSSR count). The molecule has 2 aromatic rings. The number of fused-ring (bicyclic) bond motifs is 1. The van der Waals surface area contributed by atoms with Crippen molar-refractivity contribution < 1.29 is 23.0 Å². The first-order valence-corrected chi connectivity index (χ1v) is 12.6. The average molecular weight is 446 g/mol. The molecule has 0 atom stereocenters. The zero-order chi connectivity index (χ0) is 21.8. The van der Waals surface area contributed by atoms with Crippen molar-refractivity contribution in [1.29, 1.82) is 0 Å². The van der Waals surface area contributed by atoms with E-state index in [-0.39, 0.29) is 11.5 Å². The Labute approximate surface area is 184 Å². The Bertz CT molecular complexity index is 1010. The number of anilines is 1. The van der Waals surface area contributed by atoms with Crippen molar-refractivity contribution in [3.8, 4) is 5.75 Å². The van der Waals surface area contributed by atoms with Crippen molar-refractivity contribution in [2.24, 2.45) is 5.92 Å². The van der Waals surface area contributed by atoms with E-state index in [0.717, 1.165) is 56.6 Å². The molecule has 0 aromatic heterocycles. The Hall–Kier alpha value is -2.09. The standard InChI is InChI=1S/C24H31NO5S/c1-2-18-5-7-23-20(14-18)4-3-11-25(23)31(27,28)22-6-8-24(21(15-22)16-26)30-17-19-9-12-29-13-10-19/h5-8,14-15,19,26H,2-4,9-13,16-17H2,1H3. The van der Waals surface area contributed by atoms with Crippen LogP contribution in [0.4, 0.5) is 5.69 Å². The van der Waals surface area contributed by atoms with Gasteiger partial charge in [-0.2, -0.15) is 0 Å². The molecule has 0 amide bonds. The number of ether oxygens (including phenoxy) is 2. The molecule has 168 valence electrons. The fourth-order valence-electron chi connectivity index (χ4n) is 4.31. The monoisotopic (exact) mass is 445 g/mol. The topological polar surface area (TPSA) is 76.1 Å². The molecular formula is C24H31NO5S. The summed E-state index contributed by atoms with van der Waals surface area (Å²) in [6.45, 7) is 4.31. The number of hydrogen-bond donors (Lipinski definition) is 1. The number of sulfonamides is 1. The number of hydrogen-bond acceptors (Lipinski definition) is 5. The SMILES string of the molecule is CCc1ccc2c(c1)CCCN2S(=O)(=O)c1ccc(OCC2CCOCC2)c(CO)c1. The van der Waals surface area contributed by atoms with Crippen LogP contribution in [-0.4, -0.2) is 39.9 Å². The predicted molar refractivity (Wildman–Crippen MR) is 120 cm³/mol. The molecule has 0 spiro atoms. The van der Waals surface area contributed by atoms with Crippen molar-refractivity contribution in [2.45, 2.75) is 50.5 Å². The number of aliphatic hydroxyl groups is 1. The zero-order valence-corrected chi connectivity index (χ0v) is 18.9. The number of aliphatic hydroxyl groups excluding tert-OH is 1. The molecule has 0 saturated carbocycles. The highest BCUT2D eigenvalue weighted by Crippen LogP contribution is 2.34. The summed E-state index contributed by atoms with van der Waals surface area (Å²) >= 11 is 0. The van der Waals surface area contributed by atoms with Crippen molar-refractivity contribution in [3.63, 3.8) is 0 Å². The lowest BCUT2D eigenvalue weighted by molar-refractivity contribution is 0.0494. The minimum Gasteiger partial charge on any atom is -0.493 e. The molecule has 0 radical (unpaired) electrons. The van der Waals surface area contributed by atoms with Gasteiger partial charge < -0.3 is 14.6 Å². The first-order valence-electron chi connectivity index (χ1n) is 11.1. The lowest BCUT2D eigenvalue weighted by Gasteiger charge is -2.31. The number of benzene rings is 2. The van der Waals surface area contributed by atoms with E-state index in [4.69, 9.17) is 9.47 Å². The van der Waals surface area contributed by atoms with Gasteiger partial charge in [-0.05, 0) is 73.4 Å². The number of aryl methyl sites for hydroxylation is 2. The van der Waals surface area contributed by atoms with Crippen LogP contribution < -0.4 is 9.04 Å². The molecule has 2 aliphatic heterocycles. The summed E-state index contributed by atoms with van der Waals surface area (Å²) in [5.74, 6) is 0.959. The highest BCUT2D eigenvalue weighted by atomic mass is 32.2. The zero-order valence-electron chi connectivity index (χ0n) is 18.0. The normalized spacial score (nSPS) is 17.4. The van der Waals surface area contributed by atoms with E-state index in [1.54, 1.807) is 18.2 Å². The van der Waals surface area contributed by atoms with Gasteiger partial charge in [0, 0.05) is 25.3 Å².